The SMILES string of the molecule is CCOC[C@]1(c2ccc(Cl)c(Cl)c2)[C@@H]2CN(C(=O)O)CC[C@@H]21. The zero-order chi connectivity index (χ0) is 15.9. The van der Waals surface area contributed by atoms with Crippen molar-refractivity contribution in [2.75, 3.05) is 26.3 Å². The number of amides is 1. The summed E-state index contributed by atoms with van der Waals surface area (Å²) in [5, 5.41) is 10.3. The summed E-state index contributed by atoms with van der Waals surface area (Å²) in [6.07, 6.45) is 0.0226. The number of ether oxygens (including phenoxy) is 1. The first-order valence-corrected chi connectivity index (χ1v) is 8.27. The highest BCUT2D eigenvalue weighted by molar-refractivity contribution is 6.42. The normalized spacial score (nSPS) is 30.0. The van der Waals surface area contributed by atoms with E-state index in [0.717, 1.165) is 12.0 Å². The number of halogens is 2. The maximum Gasteiger partial charge on any atom is 0.407 e. The number of hydrogen-bond donors (Lipinski definition) is 1. The van der Waals surface area contributed by atoms with E-state index in [-0.39, 0.29) is 5.41 Å². The van der Waals surface area contributed by atoms with Gasteiger partial charge in [-0.3, -0.25) is 0 Å². The van der Waals surface area contributed by atoms with Crippen LogP contribution in [-0.4, -0.2) is 42.4 Å². The Balaban J connectivity index is 1.91. The monoisotopic (exact) mass is 343 g/mol. The molecule has 4 nitrogen and oxygen atoms in total. The van der Waals surface area contributed by atoms with E-state index < -0.39 is 6.09 Å². The van der Waals surface area contributed by atoms with E-state index in [9.17, 15) is 9.90 Å². The van der Waals surface area contributed by atoms with E-state index in [0.29, 0.717) is 48.2 Å². The molecule has 1 N–H and O–H groups in total. The van der Waals surface area contributed by atoms with Crippen molar-refractivity contribution in [1.29, 1.82) is 0 Å². The van der Waals surface area contributed by atoms with Crippen LogP contribution in [0.4, 0.5) is 4.79 Å². The molecule has 0 radical (unpaired) electrons. The number of nitrogens with zero attached hydrogens (tertiary/aromatic N) is 1. The molecule has 3 atom stereocenters. The molecule has 1 aromatic rings. The van der Waals surface area contributed by atoms with Gasteiger partial charge in [-0.15, -0.1) is 0 Å². The van der Waals surface area contributed by atoms with Crippen LogP contribution in [0, 0.1) is 11.8 Å². The molecule has 0 aromatic heterocycles. The lowest BCUT2D eigenvalue weighted by Gasteiger charge is -2.22. The van der Waals surface area contributed by atoms with Crippen LogP contribution < -0.4 is 0 Å². The first-order valence-electron chi connectivity index (χ1n) is 7.51. The fraction of sp³-hybridized carbons (Fsp3) is 0.562. The van der Waals surface area contributed by atoms with E-state index >= 15 is 0 Å². The Morgan fingerprint density at radius 1 is 1.41 bits per heavy atom. The van der Waals surface area contributed by atoms with Gasteiger partial charge in [-0.2, -0.15) is 0 Å². The molecule has 22 heavy (non-hydrogen) atoms. The van der Waals surface area contributed by atoms with Gasteiger partial charge in [-0.05, 0) is 42.9 Å². The molecule has 0 unspecified atom stereocenters. The van der Waals surface area contributed by atoms with Gasteiger partial charge in [0.1, 0.15) is 0 Å². The summed E-state index contributed by atoms with van der Waals surface area (Å²) in [6, 6.07) is 5.72. The average molecular weight is 344 g/mol. The number of fused-ring (bicyclic) bond motifs is 1. The minimum atomic E-state index is -0.843. The highest BCUT2D eigenvalue weighted by Crippen LogP contribution is 2.63. The predicted octanol–water partition coefficient (Wildman–Crippen LogP) is 3.90. The Hall–Kier alpha value is -0.970. The minimum Gasteiger partial charge on any atom is -0.465 e. The highest BCUT2D eigenvalue weighted by atomic mass is 35.5. The summed E-state index contributed by atoms with van der Waals surface area (Å²) in [4.78, 5) is 12.7. The van der Waals surface area contributed by atoms with Gasteiger partial charge in [0.2, 0.25) is 0 Å². The van der Waals surface area contributed by atoms with Crippen LogP contribution in [0.1, 0.15) is 18.9 Å². The van der Waals surface area contributed by atoms with Crippen molar-refractivity contribution in [2.24, 2.45) is 11.8 Å². The van der Waals surface area contributed by atoms with E-state index in [4.69, 9.17) is 27.9 Å². The minimum absolute atomic E-state index is 0.131. The van der Waals surface area contributed by atoms with Gasteiger partial charge in [-0.1, -0.05) is 29.3 Å². The molecule has 1 saturated heterocycles. The van der Waals surface area contributed by atoms with Crippen molar-refractivity contribution < 1.29 is 14.6 Å². The van der Waals surface area contributed by atoms with Gasteiger partial charge in [0.05, 0.1) is 16.7 Å². The number of likely N-dealkylation sites (tertiary alicyclic amines) is 1. The number of carbonyl (C=O) groups is 1. The molecule has 1 aliphatic carbocycles. The molecular formula is C16H19Cl2NO3. The Morgan fingerprint density at radius 3 is 2.82 bits per heavy atom. The van der Waals surface area contributed by atoms with Gasteiger partial charge in [-0.25, -0.2) is 4.79 Å². The van der Waals surface area contributed by atoms with Crippen LogP contribution in [0.3, 0.4) is 0 Å². The van der Waals surface area contributed by atoms with Crippen molar-refractivity contribution in [2.45, 2.75) is 18.8 Å². The fourth-order valence-electron chi connectivity index (χ4n) is 3.93. The fourth-order valence-corrected chi connectivity index (χ4v) is 4.23. The van der Waals surface area contributed by atoms with Crippen LogP contribution in [0.15, 0.2) is 18.2 Å². The third kappa shape index (κ3) is 2.47. The average Bonchev–Trinajstić information content (AvgIpc) is 3.16. The van der Waals surface area contributed by atoms with Crippen LogP contribution in [0.5, 0.6) is 0 Å². The number of carboxylic acid groups (broad SMARTS) is 1. The summed E-state index contributed by atoms with van der Waals surface area (Å²) in [7, 11) is 0. The molecule has 1 amide bonds. The lowest BCUT2D eigenvalue weighted by Crippen LogP contribution is -2.36. The molecule has 1 heterocycles. The number of benzene rings is 1. The van der Waals surface area contributed by atoms with Crippen molar-refractivity contribution >= 4 is 29.3 Å². The second-order valence-corrected chi connectivity index (χ2v) is 6.85. The summed E-state index contributed by atoms with van der Waals surface area (Å²) in [5.74, 6) is 0.744. The number of hydrogen-bond acceptors (Lipinski definition) is 2. The smallest absolute Gasteiger partial charge is 0.407 e. The van der Waals surface area contributed by atoms with Crippen molar-refractivity contribution in [3.63, 3.8) is 0 Å². The quantitative estimate of drug-likeness (QED) is 0.901. The standard InChI is InChI=1S/C16H19Cl2NO3/c1-2-22-9-16(10-3-4-13(17)14(18)7-10)11-5-6-19(15(20)21)8-12(11)16/h3-4,7,11-12H,2,5-6,8-9H2,1H3,(H,20,21)/t11-,12+,16+/m0/s1. The van der Waals surface area contributed by atoms with Gasteiger partial charge in [0.15, 0.2) is 0 Å². The van der Waals surface area contributed by atoms with Gasteiger partial charge >= 0.3 is 6.09 Å². The zero-order valence-corrected chi connectivity index (χ0v) is 13.9. The second-order valence-electron chi connectivity index (χ2n) is 6.04. The Morgan fingerprint density at radius 2 is 2.18 bits per heavy atom. The zero-order valence-electron chi connectivity index (χ0n) is 12.4. The maximum absolute atomic E-state index is 11.2. The molecule has 0 spiro atoms. The Bertz CT molecular complexity index is 595. The van der Waals surface area contributed by atoms with Crippen LogP contribution in [-0.2, 0) is 10.2 Å². The van der Waals surface area contributed by atoms with E-state index in [1.807, 2.05) is 25.1 Å². The van der Waals surface area contributed by atoms with E-state index in [1.165, 1.54) is 4.90 Å². The third-order valence-electron chi connectivity index (χ3n) is 5.10. The summed E-state index contributed by atoms with van der Waals surface area (Å²) in [5.41, 5.74) is 0.978. The first-order chi connectivity index (χ1) is 10.5. The Kier molecular flexibility index (Phi) is 4.27. The summed E-state index contributed by atoms with van der Waals surface area (Å²) in [6.45, 7) is 4.37. The summed E-state index contributed by atoms with van der Waals surface area (Å²) >= 11 is 12.2. The molecule has 1 saturated carbocycles. The molecule has 120 valence electrons. The Labute approximate surface area is 140 Å². The molecule has 2 fully saturated rings. The molecule has 1 aromatic carbocycles. The number of rotatable bonds is 4. The van der Waals surface area contributed by atoms with Gasteiger partial charge in [0, 0.05) is 25.1 Å². The topological polar surface area (TPSA) is 49.8 Å². The maximum atomic E-state index is 11.2. The van der Waals surface area contributed by atoms with Crippen molar-refractivity contribution in [3.8, 4) is 0 Å². The van der Waals surface area contributed by atoms with Crippen molar-refractivity contribution in [1.82, 2.24) is 4.90 Å². The highest BCUT2D eigenvalue weighted by Gasteiger charge is 2.66. The van der Waals surface area contributed by atoms with E-state index in [2.05, 4.69) is 0 Å². The largest absolute Gasteiger partial charge is 0.465 e. The first kappa shape index (κ1) is 15.9. The lowest BCUT2D eigenvalue weighted by atomic mass is 9.92. The third-order valence-corrected chi connectivity index (χ3v) is 5.84. The molecule has 6 heteroatoms. The molecule has 0 bridgehead atoms. The number of piperidine rings is 1. The summed E-state index contributed by atoms with van der Waals surface area (Å²) < 4.78 is 5.73. The molecule has 1 aliphatic heterocycles. The molecule has 2 aliphatic rings. The van der Waals surface area contributed by atoms with E-state index in [1.54, 1.807) is 0 Å². The van der Waals surface area contributed by atoms with Gasteiger partial charge < -0.3 is 14.7 Å². The van der Waals surface area contributed by atoms with Crippen LogP contribution in [0.2, 0.25) is 10.0 Å². The molecular weight excluding hydrogens is 325 g/mol. The van der Waals surface area contributed by atoms with Crippen molar-refractivity contribution in [3.05, 3.63) is 33.8 Å². The predicted molar refractivity (Wildman–Crippen MR) is 85.8 cm³/mol. The lowest BCUT2D eigenvalue weighted by molar-refractivity contribution is 0.115. The van der Waals surface area contributed by atoms with Crippen LogP contribution >= 0.6 is 23.2 Å². The van der Waals surface area contributed by atoms with Gasteiger partial charge in [0.25, 0.3) is 0 Å². The molecule has 3 rings (SSSR count). The van der Waals surface area contributed by atoms with Crippen LogP contribution in [0.25, 0.3) is 0 Å². The second kappa shape index (κ2) is 5.91.